The second kappa shape index (κ2) is 7.21. The Morgan fingerprint density at radius 2 is 1.96 bits per heavy atom. The van der Waals surface area contributed by atoms with Gasteiger partial charge in [-0.25, -0.2) is 4.98 Å². The lowest BCUT2D eigenvalue weighted by Crippen LogP contribution is -2.30. The van der Waals surface area contributed by atoms with E-state index in [1.165, 1.54) is 0 Å². The van der Waals surface area contributed by atoms with Crippen molar-refractivity contribution in [2.24, 2.45) is 0 Å². The number of nitrogens with zero attached hydrogens (tertiary/aromatic N) is 1. The van der Waals surface area contributed by atoms with Gasteiger partial charge in [0.15, 0.2) is 5.76 Å². The Morgan fingerprint density at radius 3 is 2.72 bits per heavy atom. The van der Waals surface area contributed by atoms with E-state index in [1.807, 2.05) is 56.3 Å². The molecule has 0 fully saturated rings. The fourth-order valence-corrected chi connectivity index (χ4v) is 2.52. The van der Waals surface area contributed by atoms with Crippen molar-refractivity contribution in [3.05, 3.63) is 60.3 Å². The van der Waals surface area contributed by atoms with Crippen LogP contribution in [0.3, 0.4) is 0 Å². The van der Waals surface area contributed by atoms with Gasteiger partial charge >= 0.3 is 0 Å². The molecule has 0 aliphatic carbocycles. The molecule has 5 heteroatoms. The van der Waals surface area contributed by atoms with E-state index in [4.69, 9.17) is 9.15 Å². The second-order valence-electron chi connectivity index (χ2n) is 5.94. The van der Waals surface area contributed by atoms with Crippen molar-refractivity contribution in [1.82, 2.24) is 10.3 Å². The van der Waals surface area contributed by atoms with E-state index in [0.29, 0.717) is 22.8 Å². The summed E-state index contributed by atoms with van der Waals surface area (Å²) in [5.41, 5.74) is 2.06. The maximum absolute atomic E-state index is 12.4. The SMILES string of the molecule is COc1cccc(-c2cnc(-c3ccccc3C(=O)NC(C)C)o2)c1. The first kappa shape index (κ1) is 16.8. The number of carbonyl (C=O) groups excluding carboxylic acids is 1. The number of carbonyl (C=O) groups is 1. The Morgan fingerprint density at radius 1 is 1.16 bits per heavy atom. The van der Waals surface area contributed by atoms with Crippen LogP contribution in [-0.4, -0.2) is 24.0 Å². The van der Waals surface area contributed by atoms with Gasteiger partial charge in [0.1, 0.15) is 5.75 Å². The number of aromatic nitrogens is 1. The van der Waals surface area contributed by atoms with Crippen molar-refractivity contribution in [1.29, 1.82) is 0 Å². The summed E-state index contributed by atoms with van der Waals surface area (Å²) in [6.45, 7) is 3.85. The fraction of sp³-hybridized carbons (Fsp3) is 0.200. The number of benzene rings is 2. The molecule has 25 heavy (non-hydrogen) atoms. The Hall–Kier alpha value is -3.08. The van der Waals surface area contributed by atoms with Gasteiger partial charge in [0.25, 0.3) is 5.91 Å². The number of hydrogen-bond acceptors (Lipinski definition) is 4. The van der Waals surface area contributed by atoms with Crippen molar-refractivity contribution in [3.63, 3.8) is 0 Å². The molecule has 0 aliphatic rings. The Labute approximate surface area is 146 Å². The molecule has 1 aromatic heterocycles. The zero-order chi connectivity index (χ0) is 17.8. The highest BCUT2D eigenvalue weighted by Crippen LogP contribution is 2.29. The normalized spacial score (nSPS) is 10.7. The molecule has 0 atom stereocenters. The van der Waals surface area contributed by atoms with Crippen molar-refractivity contribution in [2.75, 3.05) is 7.11 Å². The predicted molar refractivity (Wildman–Crippen MR) is 96.5 cm³/mol. The standard InChI is InChI=1S/C20H20N2O3/c1-13(2)22-19(23)16-9-4-5-10-17(16)20-21-12-18(25-20)14-7-6-8-15(11-14)24-3/h4-13H,1-3H3,(H,22,23). The number of oxazole rings is 1. The molecule has 1 amide bonds. The monoisotopic (exact) mass is 336 g/mol. The van der Waals surface area contributed by atoms with Crippen LogP contribution < -0.4 is 10.1 Å². The first-order chi connectivity index (χ1) is 12.1. The molecule has 5 nitrogen and oxygen atoms in total. The summed E-state index contributed by atoms with van der Waals surface area (Å²) >= 11 is 0. The van der Waals surface area contributed by atoms with Gasteiger partial charge in [-0.2, -0.15) is 0 Å². The van der Waals surface area contributed by atoms with Crippen LogP contribution in [0.5, 0.6) is 5.75 Å². The zero-order valence-electron chi connectivity index (χ0n) is 14.4. The van der Waals surface area contributed by atoms with Crippen molar-refractivity contribution < 1.29 is 13.9 Å². The van der Waals surface area contributed by atoms with Crippen molar-refractivity contribution in [3.8, 4) is 28.5 Å². The number of rotatable bonds is 5. The lowest BCUT2D eigenvalue weighted by molar-refractivity contribution is 0.0943. The smallest absolute Gasteiger partial charge is 0.252 e. The van der Waals surface area contributed by atoms with E-state index >= 15 is 0 Å². The van der Waals surface area contributed by atoms with Gasteiger partial charge in [-0.15, -0.1) is 0 Å². The maximum atomic E-state index is 12.4. The third-order valence-corrected chi connectivity index (χ3v) is 3.68. The topological polar surface area (TPSA) is 64.4 Å². The van der Waals surface area contributed by atoms with Gasteiger partial charge in [0.2, 0.25) is 5.89 Å². The minimum atomic E-state index is -0.147. The molecule has 3 rings (SSSR count). The minimum absolute atomic E-state index is 0.0532. The summed E-state index contributed by atoms with van der Waals surface area (Å²) in [4.78, 5) is 16.8. The fourth-order valence-electron chi connectivity index (χ4n) is 2.52. The summed E-state index contributed by atoms with van der Waals surface area (Å²) in [5, 5.41) is 2.90. The summed E-state index contributed by atoms with van der Waals surface area (Å²) in [7, 11) is 1.62. The van der Waals surface area contributed by atoms with Gasteiger partial charge in [-0.05, 0) is 38.1 Å². The van der Waals surface area contributed by atoms with E-state index in [0.717, 1.165) is 11.3 Å². The van der Waals surface area contributed by atoms with Crippen molar-refractivity contribution >= 4 is 5.91 Å². The Kier molecular flexibility index (Phi) is 4.84. The molecule has 0 unspecified atom stereocenters. The van der Waals surface area contributed by atoms with Gasteiger partial charge in [0.05, 0.1) is 18.9 Å². The van der Waals surface area contributed by atoms with Gasteiger partial charge in [-0.1, -0.05) is 24.3 Å². The van der Waals surface area contributed by atoms with Crippen molar-refractivity contribution in [2.45, 2.75) is 19.9 Å². The van der Waals surface area contributed by atoms with Gasteiger partial charge in [0, 0.05) is 17.2 Å². The molecule has 0 spiro atoms. The summed E-state index contributed by atoms with van der Waals surface area (Å²) in [6, 6.07) is 14.9. The highest BCUT2D eigenvalue weighted by atomic mass is 16.5. The number of ether oxygens (including phenoxy) is 1. The van der Waals surface area contributed by atoms with E-state index in [-0.39, 0.29) is 11.9 Å². The van der Waals surface area contributed by atoms with Crippen LogP contribution in [0.4, 0.5) is 0 Å². The molecule has 0 saturated carbocycles. The first-order valence-corrected chi connectivity index (χ1v) is 8.09. The van der Waals surface area contributed by atoms with E-state index in [1.54, 1.807) is 19.4 Å². The summed E-state index contributed by atoms with van der Waals surface area (Å²) in [6.07, 6.45) is 1.65. The molecule has 128 valence electrons. The average Bonchev–Trinajstić information content (AvgIpc) is 3.11. The number of nitrogens with one attached hydrogen (secondary N) is 1. The lowest BCUT2D eigenvalue weighted by Gasteiger charge is -2.10. The molecular formula is C20H20N2O3. The maximum Gasteiger partial charge on any atom is 0.252 e. The molecule has 1 heterocycles. The predicted octanol–water partition coefficient (Wildman–Crippen LogP) is 4.16. The third-order valence-electron chi connectivity index (χ3n) is 3.68. The Bertz CT molecular complexity index is 884. The summed E-state index contributed by atoms with van der Waals surface area (Å²) in [5.74, 6) is 1.62. The van der Waals surface area contributed by atoms with Crippen LogP contribution in [-0.2, 0) is 0 Å². The average molecular weight is 336 g/mol. The first-order valence-electron chi connectivity index (χ1n) is 8.09. The van der Waals surface area contributed by atoms with Gasteiger partial charge < -0.3 is 14.5 Å². The zero-order valence-corrected chi connectivity index (χ0v) is 14.4. The molecule has 1 N–H and O–H groups in total. The highest BCUT2D eigenvalue weighted by Gasteiger charge is 2.17. The Balaban J connectivity index is 1.96. The quantitative estimate of drug-likeness (QED) is 0.760. The molecule has 2 aromatic carbocycles. The summed E-state index contributed by atoms with van der Waals surface area (Å²) < 4.78 is 11.1. The lowest BCUT2D eigenvalue weighted by atomic mass is 10.1. The third kappa shape index (κ3) is 3.71. The van der Waals surface area contributed by atoms with Crippen LogP contribution in [0.15, 0.2) is 59.1 Å². The molecule has 0 aliphatic heterocycles. The minimum Gasteiger partial charge on any atom is -0.497 e. The second-order valence-corrected chi connectivity index (χ2v) is 5.94. The van der Waals surface area contributed by atoms with Crippen LogP contribution in [0, 0.1) is 0 Å². The van der Waals surface area contributed by atoms with Crippen LogP contribution in [0.1, 0.15) is 24.2 Å². The molecule has 3 aromatic rings. The van der Waals surface area contributed by atoms with Crippen LogP contribution in [0.2, 0.25) is 0 Å². The van der Waals surface area contributed by atoms with E-state index in [2.05, 4.69) is 10.3 Å². The van der Waals surface area contributed by atoms with Gasteiger partial charge in [-0.3, -0.25) is 4.79 Å². The highest BCUT2D eigenvalue weighted by molar-refractivity contribution is 6.00. The van der Waals surface area contributed by atoms with E-state index in [9.17, 15) is 4.79 Å². The molecule has 0 bridgehead atoms. The van der Waals surface area contributed by atoms with E-state index < -0.39 is 0 Å². The molecule has 0 saturated heterocycles. The molecule has 0 radical (unpaired) electrons. The number of amides is 1. The number of methoxy groups -OCH3 is 1. The number of hydrogen-bond donors (Lipinski definition) is 1. The molecular weight excluding hydrogens is 316 g/mol. The van der Waals surface area contributed by atoms with Crippen LogP contribution >= 0.6 is 0 Å². The largest absolute Gasteiger partial charge is 0.497 e. The van der Waals surface area contributed by atoms with Crippen LogP contribution in [0.25, 0.3) is 22.8 Å².